The fourth-order valence-corrected chi connectivity index (χ4v) is 2.35. The first-order valence-corrected chi connectivity index (χ1v) is 8.38. The summed E-state index contributed by atoms with van der Waals surface area (Å²) in [5, 5.41) is 20.0. The van der Waals surface area contributed by atoms with E-state index in [9.17, 15) is 10.2 Å². The zero-order chi connectivity index (χ0) is 19.9. The van der Waals surface area contributed by atoms with Crippen LogP contribution in [0.5, 0.6) is 23.0 Å². The van der Waals surface area contributed by atoms with E-state index in [0.29, 0.717) is 34.3 Å². The van der Waals surface area contributed by atoms with Crippen molar-refractivity contribution in [3.63, 3.8) is 0 Å². The number of methoxy groups -OCH3 is 2. The lowest BCUT2D eigenvalue weighted by atomic mass is 10.2. The van der Waals surface area contributed by atoms with Gasteiger partial charge in [0.2, 0.25) is 0 Å². The maximum atomic E-state index is 9.98. The molecule has 7 nitrogen and oxygen atoms in total. The van der Waals surface area contributed by atoms with E-state index in [-0.39, 0.29) is 11.5 Å². The Kier molecular flexibility index (Phi) is 5.86. The molecule has 142 valence electrons. The summed E-state index contributed by atoms with van der Waals surface area (Å²) < 4.78 is 10.1. The number of phenolic OH excluding ortho intramolecular Hbond substituents is 2. The highest BCUT2D eigenvalue weighted by Crippen LogP contribution is 2.24. The van der Waals surface area contributed by atoms with Crippen molar-refractivity contribution in [1.82, 2.24) is 4.98 Å². The molecule has 7 heteroatoms. The standard InChI is InChI=1S/C21H19N3O4/c1-27-16-8-6-14(18(25)10-16)12-22-20-4-3-5-21(24-20)23-13-15-7-9-17(28-2)11-19(15)26/h3-13,25-26H,1-2H3/b22-12+,23-13?. The predicted molar refractivity (Wildman–Crippen MR) is 108 cm³/mol. The van der Waals surface area contributed by atoms with Gasteiger partial charge >= 0.3 is 0 Å². The zero-order valence-corrected chi connectivity index (χ0v) is 15.4. The van der Waals surface area contributed by atoms with E-state index in [1.807, 2.05) is 0 Å². The molecule has 28 heavy (non-hydrogen) atoms. The van der Waals surface area contributed by atoms with Crippen LogP contribution in [0.2, 0.25) is 0 Å². The summed E-state index contributed by atoms with van der Waals surface area (Å²) in [5.74, 6) is 2.11. The number of aliphatic imine (C=N–C) groups is 2. The lowest BCUT2D eigenvalue weighted by molar-refractivity contribution is 0.407. The second-order valence-electron chi connectivity index (χ2n) is 5.72. The molecule has 0 saturated heterocycles. The van der Waals surface area contributed by atoms with E-state index in [1.165, 1.54) is 38.8 Å². The van der Waals surface area contributed by atoms with E-state index < -0.39 is 0 Å². The van der Waals surface area contributed by atoms with Crippen molar-refractivity contribution in [1.29, 1.82) is 0 Å². The van der Waals surface area contributed by atoms with Crippen LogP contribution < -0.4 is 9.47 Å². The molecular formula is C21H19N3O4. The monoisotopic (exact) mass is 377 g/mol. The molecule has 0 aliphatic rings. The summed E-state index contributed by atoms with van der Waals surface area (Å²) in [6.07, 6.45) is 3.03. The molecule has 0 bridgehead atoms. The molecule has 0 fully saturated rings. The molecular weight excluding hydrogens is 358 g/mol. The Morgan fingerprint density at radius 2 is 1.21 bits per heavy atom. The van der Waals surface area contributed by atoms with Gasteiger partial charge in [0, 0.05) is 35.7 Å². The zero-order valence-electron chi connectivity index (χ0n) is 15.4. The topological polar surface area (TPSA) is 96.5 Å². The molecule has 3 aromatic rings. The number of benzene rings is 2. The molecule has 1 heterocycles. The smallest absolute Gasteiger partial charge is 0.154 e. The SMILES string of the molecule is COc1ccc(C=Nc2cccc(/N=C/c3ccc(OC)cc3O)n2)c(O)c1. The number of phenols is 2. The van der Waals surface area contributed by atoms with Gasteiger partial charge in [0.05, 0.1) is 14.2 Å². The van der Waals surface area contributed by atoms with Gasteiger partial charge in [-0.15, -0.1) is 0 Å². The van der Waals surface area contributed by atoms with Crippen molar-refractivity contribution in [2.45, 2.75) is 0 Å². The third kappa shape index (κ3) is 4.64. The van der Waals surface area contributed by atoms with Gasteiger partial charge in [-0.3, -0.25) is 0 Å². The van der Waals surface area contributed by atoms with Crippen LogP contribution >= 0.6 is 0 Å². The summed E-state index contributed by atoms with van der Waals surface area (Å²) >= 11 is 0. The second kappa shape index (κ2) is 8.68. The number of hydrogen-bond donors (Lipinski definition) is 2. The Bertz CT molecular complexity index is 953. The quantitative estimate of drug-likeness (QED) is 0.633. The summed E-state index contributed by atoms with van der Waals surface area (Å²) in [7, 11) is 3.06. The highest BCUT2D eigenvalue weighted by molar-refractivity contribution is 5.86. The third-order valence-corrected chi connectivity index (χ3v) is 3.87. The number of hydrogen-bond acceptors (Lipinski definition) is 7. The van der Waals surface area contributed by atoms with E-state index in [0.717, 1.165) is 0 Å². The highest BCUT2D eigenvalue weighted by Gasteiger charge is 2.02. The maximum absolute atomic E-state index is 9.98. The van der Waals surface area contributed by atoms with Crippen LogP contribution in [0.25, 0.3) is 0 Å². The number of aromatic nitrogens is 1. The molecule has 0 radical (unpaired) electrons. The molecule has 0 spiro atoms. The number of pyridine rings is 1. The van der Waals surface area contributed by atoms with Gasteiger partial charge in [-0.05, 0) is 36.4 Å². The Labute approximate surface area is 162 Å². The number of aromatic hydroxyl groups is 2. The first-order valence-electron chi connectivity index (χ1n) is 8.38. The lowest BCUT2D eigenvalue weighted by Crippen LogP contribution is -1.87. The van der Waals surface area contributed by atoms with Gasteiger partial charge in [0.25, 0.3) is 0 Å². The van der Waals surface area contributed by atoms with Crippen molar-refractivity contribution in [2.75, 3.05) is 14.2 Å². The summed E-state index contributed by atoms with van der Waals surface area (Å²) in [6, 6.07) is 15.1. The fourth-order valence-electron chi connectivity index (χ4n) is 2.35. The van der Waals surface area contributed by atoms with Crippen molar-refractivity contribution >= 4 is 24.1 Å². The van der Waals surface area contributed by atoms with E-state index in [1.54, 1.807) is 42.5 Å². The van der Waals surface area contributed by atoms with Crippen LogP contribution in [0.4, 0.5) is 11.6 Å². The van der Waals surface area contributed by atoms with Gasteiger partial charge in [-0.2, -0.15) is 0 Å². The molecule has 2 aromatic carbocycles. The Hall–Kier alpha value is -3.87. The number of nitrogens with zero attached hydrogens (tertiary/aromatic N) is 3. The van der Waals surface area contributed by atoms with Crippen LogP contribution in [-0.2, 0) is 0 Å². The average Bonchev–Trinajstić information content (AvgIpc) is 2.72. The van der Waals surface area contributed by atoms with Crippen molar-refractivity contribution in [3.8, 4) is 23.0 Å². The fraction of sp³-hybridized carbons (Fsp3) is 0.0952. The molecule has 0 aliphatic carbocycles. The third-order valence-electron chi connectivity index (χ3n) is 3.87. The minimum absolute atomic E-state index is 0.0623. The van der Waals surface area contributed by atoms with Gasteiger partial charge in [-0.1, -0.05) is 6.07 Å². The van der Waals surface area contributed by atoms with Gasteiger partial charge in [0.1, 0.15) is 23.0 Å². The molecule has 0 atom stereocenters. The first kappa shape index (κ1) is 18.9. The van der Waals surface area contributed by atoms with E-state index in [4.69, 9.17) is 9.47 Å². The van der Waals surface area contributed by atoms with Crippen molar-refractivity contribution in [3.05, 3.63) is 65.7 Å². The minimum atomic E-state index is 0.0623. The Morgan fingerprint density at radius 3 is 1.61 bits per heavy atom. The Morgan fingerprint density at radius 1 is 0.750 bits per heavy atom. The van der Waals surface area contributed by atoms with Gasteiger partial charge in [-0.25, -0.2) is 15.0 Å². The lowest BCUT2D eigenvalue weighted by Gasteiger charge is -2.03. The van der Waals surface area contributed by atoms with Crippen LogP contribution in [0, 0.1) is 0 Å². The van der Waals surface area contributed by atoms with Gasteiger partial charge < -0.3 is 19.7 Å². The van der Waals surface area contributed by atoms with Gasteiger partial charge in [0.15, 0.2) is 11.6 Å². The van der Waals surface area contributed by atoms with Crippen LogP contribution in [-0.4, -0.2) is 41.8 Å². The maximum Gasteiger partial charge on any atom is 0.154 e. The summed E-state index contributed by atoms with van der Waals surface area (Å²) in [4.78, 5) is 12.9. The van der Waals surface area contributed by atoms with Crippen molar-refractivity contribution < 1.29 is 19.7 Å². The number of rotatable bonds is 6. The molecule has 0 aliphatic heterocycles. The van der Waals surface area contributed by atoms with Crippen molar-refractivity contribution in [2.24, 2.45) is 9.98 Å². The molecule has 1 aromatic heterocycles. The molecule has 0 amide bonds. The highest BCUT2D eigenvalue weighted by atomic mass is 16.5. The minimum Gasteiger partial charge on any atom is -0.507 e. The first-order chi connectivity index (χ1) is 13.6. The Balaban J connectivity index is 1.77. The normalized spacial score (nSPS) is 11.2. The largest absolute Gasteiger partial charge is 0.507 e. The summed E-state index contributed by atoms with van der Waals surface area (Å²) in [6.45, 7) is 0. The molecule has 0 unspecified atom stereocenters. The summed E-state index contributed by atoms with van der Waals surface area (Å²) in [5.41, 5.74) is 1.08. The number of ether oxygens (including phenoxy) is 2. The predicted octanol–water partition coefficient (Wildman–Crippen LogP) is 4.01. The molecule has 3 rings (SSSR count). The van der Waals surface area contributed by atoms with E-state index >= 15 is 0 Å². The van der Waals surface area contributed by atoms with Crippen LogP contribution in [0.1, 0.15) is 11.1 Å². The van der Waals surface area contributed by atoms with Crippen LogP contribution in [0.3, 0.4) is 0 Å². The second-order valence-corrected chi connectivity index (χ2v) is 5.72. The average molecular weight is 377 g/mol. The molecule has 2 N–H and O–H groups in total. The molecule has 0 saturated carbocycles. The van der Waals surface area contributed by atoms with E-state index in [2.05, 4.69) is 15.0 Å². The van der Waals surface area contributed by atoms with Crippen LogP contribution in [0.15, 0.2) is 64.6 Å².